The molecule has 1 heterocycles. The molecule has 0 radical (unpaired) electrons. The van der Waals surface area contributed by atoms with E-state index in [0.29, 0.717) is 22.6 Å². The minimum Gasteiger partial charge on any atom is -0.465 e. The monoisotopic (exact) mass is 272 g/mol. The lowest BCUT2D eigenvalue weighted by Gasteiger charge is -2.04. The van der Waals surface area contributed by atoms with Crippen LogP contribution in [0, 0.1) is 13.8 Å². The van der Waals surface area contributed by atoms with Gasteiger partial charge in [0.05, 0.1) is 18.2 Å². The van der Waals surface area contributed by atoms with Crippen LogP contribution in [0.15, 0.2) is 28.7 Å². The maximum Gasteiger partial charge on any atom is 0.337 e. The Labute approximate surface area is 117 Å². The molecule has 0 atom stereocenters. The van der Waals surface area contributed by atoms with Gasteiger partial charge < -0.3 is 9.15 Å². The Morgan fingerprint density at radius 2 is 1.65 bits per heavy atom. The second-order valence-electron chi connectivity index (χ2n) is 4.59. The first-order valence-electron chi connectivity index (χ1n) is 6.25. The molecule has 1 aromatic carbocycles. The number of esters is 1. The average molecular weight is 272 g/mol. The number of ketones is 1. The third-order valence-electron chi connectivity index (χ3n) is 3.21. The van der Waals surface area contributed by atoms with Gasteiger partial charge in [0.15, 0.2) is 5.78 Å². The van der Waals surface area contributed by atoms with Crippen molar-refractivity contribution < 1.29 is 18.7 Å². The molecule has 0 saturated heterocycles. The van der Waals surface area contributed by atoms with E-state index in [4.69, 9.17) is 4.42 Å². The first-order chi connectivity index (χ1) is 9.45. The number of furan rings is 1. The van der Waals surface area contributed by atoms with Gasteiger partial charge in [-0.3, -0.25) is 4.79 Å². The SMILES string of the molecule is COC(=O)c1ccc(-c2c(C)oc(C)c2C(C)=O)cc1. The molecule has 0 aliphatic carbocycles. The van der Waals surface area contributed by atoms with Gasteiger partial charge in [0.25, 0.3) is 0 Å². The van der Waals surface area contributed by atoms with E-state index in [1.807, 2.05) is 6.92 Å². The molecular weight excluding hydrogens is 256 g/mol. The van der Waals surface area contributed by atoms with Gasteiger partial charge in [-0.05, 0) is 38.5 Å². The molecule has 2 aromatic rings. The van der Waals surface area contributed by atoms with Crippen LogP contribution in [0.25, 0.3) is 11.1 Å². The highest BCUT2D eigenvalue weighted by Gasteiger charge is 2.20. The van der Waals surface area contributed by atoms with E-state index >= 15 is 0 Å². The van der Waals surface area contributed by atoms with Crippen molar-refractivity contribution in [2.24, 2.45) is 0 Å². The van der Waals surface area contributed by atoms with Gasteiger partial charge in [-0.1, -0.05) is 12.1 Å². The number of carbonyl (C=O) groups is 2. The van der Waals surface area contributed by atoms with Crippen LogP contribution >= 0.6 is 0 Å². The molecule has 0 spiro atoms. The van der Waals surface area contributed by atoms with Crippen LogP contribution in [0.5, 0.6) is 0 Å². The molecule has 0 amide bonds. The highest BCUT2D eigenvalue weighted by molar-refractivity contribution is 6.02. The van der Waals surface area contributed by atoms with Crippen LogP contribution in [0.2, 0.25) is 0 Å². The van der Waals surface area contributed by atoms with E-state index in [9.17, 15) is 9.59 Å². The second kappa shape index (κ2) is 5.33. The Kier molecular flexibility index (Phi) is 3.74. The van der Waals surface area contributed by atoms with Crippen LogP contribution in [0.3, 0.4) is 0 Å². The fourth-order valence-electron chi connectivity index (χ4n) is 2.35. The predicted octanol–water partition coefficient (Wildman–Crippen LogP) is 3.55. The van der Waals surface area contributed by atoms with E-state index < -0.39 is 0 Å². The number of hydrogen-bond acceptors (Lipinski definition) is 4. The van der Waals surface area contributed by atoms with Crippen molar-refractivity contribution in [3.8, 4) is 11.1 Å². The number of Topliss-reactive ketones (excluding diaryl/α,β-unsaturated/α-hetero) is 1. The Bertz CT molecular complexity index is 663. The van der Waals surface area contributed by atoms with Gasteiger partial charge in [0.2, 0.25) is 0 Å². The van der Waals surface area contributed by atoms with Crippen LogP contribution in [-0.2, 0) is 4.74 Å². The van der Waals surface area contributed by atoms with Gasteiger partial charge in [-0.25, -0.2) is 4.79 Å². The first kappa shape index (κ1) is 14.1. The average Bonchev–Trinajstić information content (AvgIpc) is 2.72. The number of carbonyl (C=O) groups excluding carboxylic acids is 2. The zero-order valence-corrected chi connectivity index (χ0v) is 11.9. The molecule has 0 unspecified atom stereocenters. The molecule has 0 N–H and O–H groups in total. The lowest BCUT2D eigenvalue weighted by Crippen LogP contribution is -2.01. The Morgan fingerprint density at radius 1 is 1.05 bits per heavy atom. The van der Waals surface area contributed by atoms with E-state index in [1.165, 1.54) is 14.0 Å². The van der Waals surface area contributed by atoms with Crippen LogP contribution in [0.1, 0.15) is 39.2 Å². The molecule has 4 heteroatoms. The molecule has 0 aliphatic heterocycles. The smallest absolute Gasteiger partial charge is 0.337 e. The normalized spacial score (nSPS) is 10.4. The predicted molar refractivity (Wildman–Crippen MR) is 75.0 cm³/mol. The van der Waals surface area contributed by atoms with Crippen molar-refractivity contribution >= 4 is 11.8 Å². The molecular formula is C16H16O4. The summed E-state index contributed by atoms with van der Waals surface area (Å²) in [4.78, 5) is 23.2. The molecule has 0 bridgehead atoms. The minimum absolute atomic E-state index is 0.0357. The summed E-state index contributed by atoms with van der Waals surface area (Å²) in [5.74, 6) is 0.885. The number of benzene rings is 1. The van der Waals surface area contributed by atoms with Crippen LogP contribution < -0.4 is 0 Å². The number of ether oxygens (including phenoxy) is 1. The summed E-state index contributed by atoms with van der Waals surface area (Å²) in [6, 6.07) is 6.92. The van der Waals surface area contributed by atoms with E-state index in [2.05, 4.69) is 4.74 Å². The molecule has 2 rings (SSSR count). The second-order valence-corrected chi connectivity index (χ2v) is 4.59. The fourth-order valence-corrected chi connectivity index (χ4v) is 2.35. The van der Waals surface area contributed by atoms with E-state index in [0.717, 1.165) is 11.1 Å². The Balaban J connectivity index is 2.52. The summed E-state index contributed by atoms with van der Waals surface area (Å²) in [6.45, 7) is 5.11. The molecule has 0 saturated carbocycles. The molecule has 104 valence electrons. The number of rotatable bonds is 3. The van der Waals surface area contributed by atoms with Crippen molar-refractivity contribution in [1.29, 1.82) is 0 Å². The highest BCUT2D eigenvalue weighted by atomic mass is 16.5. The third-order valence-corrected chi connectivity index (χ3v) is 3.21. The summed E-state index contributed by atoms with van der Waals surface area (Å²) >= 11 is 0. The largest absolute Gasteiger partial charge is 0.465 e. The van der Waals surface area contributed by atoms with Gasteiger partial charge >= 0.3 is 5.97 Å². The van der Waals surface area contributed by atoms with Crippen molar-refractivity contribution in [3.05, 3.63) is 46.9 Å². The molecule has 4 nitrogen and oxygen atoms in total. The fraction of sp³-hybridized carbons (Fsp3) is 0.250. The zero-order valence-electron chi connectivity index (χ0n) is 11.9. The standard InChI is InChI=1S/C16H16O4/c1-9(17)14-10(2)20-11(3)15(14)12-5-7-13(8-6-12)16(18)19-4/h5-8H,1-4H3. The first-order valence-corrected chi connectivity index (χ1v) is 6.25. The summed E-state index contributed by atoms with van der Waals surface area (Å²) in [5.41, 5.74) is 2.69. The topological polar surface area (TPSA) is 56.5 Å². The van der Waals surface area contributed by atoms with Gasteiger partial charge in [-0.2, -0.15) is 0 Å². The summed E-state index contributed by atoms with van der Waals surface area (Å²) < 4.78 is 10.2. The van der Waals surface area contributed by atoms with Gasteiger partial charge in [-0.15, -0.1) is 0 Å². The number of methoxy groups -OCH3 is 1. The van der Waals surface area contributed by atoms with Crippen molar-refractivity contribution in [2.45, 2.75) is 20.8 Å². The maximum absolute atomic E-state index is 11.8. The summed E-state index contributed by atoms with van der Waals surface area (Å²) in [5, 5.41) is 0. The maximum atomic E-state index is 11.8. The molecule has 1 aromatic heterocycles. The van der Waals surface area contributed by atoms with Gasteiger partial charge in [0, 0.05) is 5.56 Å². The molecule has 20 heavy (non-hydrogen) atoms. The van der Waals surface area contributed by atoms with E-state index in [1.54, 1.807) is 31.2 Å². The number of aryl methyl sites for hydroxylation is 2. The van der Waals surface area contributed by atoms with Crippen molar-refractivity contribution in [3.63, 3.8) is 0 Å². The Morgan fingerprint density at radius 3 is 2.15 bits per heavy atom. The van der Waals surface area contributed by atoms with Crippen molar-refractivity contribution in [2.75, 3.05) is 7.11 Å². The quantitative estimate of drug-likeness (QED) is 0.633. The minimum atomic E-state index is -0.386. The third kappa shape index (κ3) is 2.37. The van der Waals surface area contributed by atoms with Crippen LogP contribution in [0.4, 0.5) is 0 Å². The zero-order chi connectivity index (χ0) is 14.9. The Hall–Kier alpha value is -2.36. The lowest BCUT2D eigenvalue weighted by molar-refractivity contribution is 0.0600. The number of hydrogen-bond donors (Lipinski definition) is 0. The van der Waals surface area contributed by atoms with Crippen molar-refractivity contribution in [1.82, 2.24) is 0 Å². The highest BCUT2D eigenvalue weighted by Crippen LogP contribution is 2.32. The summed E-state index contributed by atoms with van der Waals surface area (Å²) in [7, 11) is 1.34. The molecule has 0 fully saturated rings. The summed E-state index contributed by atoms with van der Waals surface area (Å²) in [6.07, 6.45) is 0. The van der Waals surface area contributed by atoms with E-state index in [-0.39, 0.29) is 11.8 Å². The van der Waals surface area contributed by atoms with Crippen LogP contribution in [-0.4, -0.2) is 18.9 Å². The molecule has 0 aliphatic rings. The lowest BCUT2D eigenvalue weighted by atomic mass is 9.97. The van der Waals surface area contributed by atoms with Gasteiger partial charge in [0.1, 0.15) is 11.5 Å².